The van der Waals surface area contributed by atoms with E-state index >= 15 is 0 Å². The smallest absolute Gasteiger partial charge is 0.257 e. The van der Waals surface area contributed by atoms with E-state index in [1.165, 1.54) is 16.9 Å². The maximum Gasteiger partial charge on any atom is 0.257 e. The van der Waals surface area contributed by atoms with Crippen molar-refractivity contribution in [3.05, 3.63) is 88.9 Å². The third-order valence-corrected chi connectivity index (χ3v) is 7.75. The van der Waals surface area contributed by atoms with Crippen LogP contribution in [0.4, 0.5) is 5.69 Å². The number of hydrogen-bond donors (Lipinski definition) is 2. The molecular formula is C27H25N7OS. The van der Waals surface area contributed by atoms with Gasteiger partial charge in [0, 0.05) is 31.2 Å². The molecule has 8 nitrogen and oxygen atoms in total. The first-order chi connectivity index (χ1) is 17.8. The fraction of sp³-hybridized carbons (Fsp3) is 0.222. The number of aromatic amines is 1. The van der Waals surface area contributed by atoms with Crippen LogP contribution in [0, 0.1) is 0 Å². The van der Waals surface area contributed by atoms with Crippen LogP contribution in [0.25, 0.3) is 21.6 Å². The molecule has 36 heavy (non-hydrogen) atoms. The monoisotopic (exact) mass is 495 g/mol. The van der Waals surface area contributed by atoms with E-state index in [9.17, 15) is 4.79 Å². The molecule has 180 valence electrons. The fourth-order valence-corrected chi connectivity index (χ4v) is 5.87. The number of thiophene rings is 1. The second-order valence-electron chi connectivity index (χ2n) is 8.93. The number of anilines is 1. The number of rotatable bonds is 6. The van der Waals surface area contributed by atoms with Crippen LogP contribution in [-0.2, 0) is 6.54 Å². The normalized spacial score (nSPS) is 14.3. The van der Waals surface area contributed by atoms with Crippen molar-refractivity contribution in [3.8, 4) is 11.4 Å². The molecule has 2 aromatic carbocycles. The molecule has 3 aromatic heterocycles. The van der Waals surface area contributed by atoms with E-state index in [4.69, 9.17) is 4.98 Å². The van der Waals surface area contributed by atoms with Gasteiger partial charge in [-0.15, -0.1) is 21.5 Å². The summed E-state index contributed by atoms with van der Waals surface area (Å²) in [7, 11) is 0. The number of nitrogens with zero attached hydrogens (tertiary/aromatic N) is 5. The number of piperidine rings is 1. The number of likely N-dealkylation sites (tertiary alicyclic amines) is 1. The Bertz CT molecular complexity index is 1460. The van der Waals surface area contributed by atoms with Gasteiger partial charge in [-0.2, -0.15) is 5.21 Å². The molecule has 0 radical (unpaired) electrons. The summed E-state index contributed by atoms with van der Waals surface area (Å²) < 4.78 is 0.913. The minimum atomic E-state index is 0.0148. The minimum Gasteiger partial charge on any atom is -0.379 e. The molecular weight excluding hydrogens is 470 g/mol. The first-order valence-electron chi connectivity index (χ1n) is 12.0. The quantitative estimate of drug-likeness (QED) is 0.340. The lowest BCUT2D eigenvalue weighted by Crippen LogP contribution is -2.38. The second-order valence-corrected chi connectivity index (χ2v) is 9.81. The van der Waals surface area contributed by atoms with Gasteiger partial charge in [-0.3, -0.25) is 9.78 Å². The van der Waals surface area contributed by atoms with Gasteiger partial charge in [0.15, 0.2) is 0 Å². The molecule has 1 aliphatic rings. The van der Waals surface area contributed by atoms with Crippen molar-refractivity contribution in [2.75, 3.05) is 18.4 Å². The largest absolute Gasteiger partial charge is 0.379 e. The van der Waals surface area contributed by atoms with Crippen molar-refractivity contribution in [2.24, 2.45) is 0 Å². The van der Waals surface area contributed by atoms with E-state index in [2.05, 4.69) is 62.3 Å². The third-order valence-electron chi connectivity index (χ3n) is 6.77. The Balaban J connectivity index is 1.30. The summed E-state index contributed by atoms with van der Waals surface area (Å²) in [5.41, 5.74) is 5.45. The van der Waals surface area contributed by atoms with Crippen LogP contribution in [0.5, 0.6) is 0 Å². The standard InChI is InChI=1S/C27H25N7OS/c35-27(34-13-11-20(12-14-34)19-9-5-2-6-10-19)21-16-29-24-22(26-30-32-33-31-26)17-36-25(24)23(21)28-15-18-7-3-1-4-8-18/h1-10,16-17,20H,11-15H2,(H,28,29)(H,30,31,32,33). The number of carbonyl (C=O) groups is 1. The Kier molecular flexibility index (Phi) is 6.13. The van der Waals surface area contributed by atoms with E-state index < -0.39 is 0 Å². The summed E-state index contributed by atoms with van der Waals surface area (Å²) in [6, 6.07) is 20.8. The van der Waals surface area contributed by atoms with Gasteiger partial charge in [-0.1, -0.05) is 60.7 Å². The van der Waals surface area contributed by atoms with Gasteiger partial charge < -0.3 is 10.2 Å². The number of aromatic nitrogens is 5. The Morgan fingerprint density at radius 2 is 1.81 bits per heavy atom. The molecule has 1 saturated heterocycles. The predicted molar refractivity (Wildman–Crippen MR) is 141 cm³/mol. The zero-order chi connectivity index (χ0) is 24.3. The highest BCUT2D eigenvalue weighted by Gasteiger charge is 2.28. The van der Waals surface area contributed by atoms with Gasteiger partial charge >= 0.3 is 0 Å². The molecule has 9 heteroatoms. The van der Waals surface area contributed by atoms with Crippen LogP contribution in [0.2, 0.25) is 0 Å². The van der Waals surface area contributed by atoms with Crippen molar-refractivity contribution in [3.63, 3.8) is 0 Å². The molecule has 1 fully saturated rings. The molecule has 1 amide bonds. The van der Waals surface area contributed by atoms with E-state index in [1.807, 2.05) is 34.5 Å². The van der Waals surface area contributed by atoms with E-state index in [-0.39, 0.29) is 5.91 Å². The van der Waals surface area contributed by atoms with Gasteiger partial charge in [-0.25, -0.2) is 0 Å². The lowest BCUT2D eigenvalue weighted by Gasteiger charge is -2.32. The van der Waals surface area contributed by atoms with E-state index in [0.717, 1.165) is 53.0 Å². The lowest BCUT2D eigenvalue weighted by atomic mass is 9.89. The van der Waals surface area contributed by atoms with Gasteiger partial charge in [0.25, 0.3) is 5.91 Å². The topological polar surface area (TPSA) is 99.7 Å². The van der Waals surface area contributed by atoms with Crippen molar-refractivity contribution in [1.82, 2.24) is 30.5 Å². The Labute approximate surface area is 212 Å². The number of amides is 1. The molecule has 5 aromatic rings. The number of tetrazole rings is 1. The Hall–Kier alpha value is -4.11. The summed E-state index contributed by atoms with van der Waals surface area (Å²) in [5, 5.41) is 19.9. The van der Waals surface area contributed by atoms with Crippen molar-refractivity contribution < 1.29 is 4.79 Å². The Morgan fingerprint density at radius 3 is 2.53 bits per heavy atom. The summed E-state index contributed by atoms with van der Waals surface area (Å²) in [4.78, 5) is 20.4. The van der Waals surface area contributed by atoms with E-state index in [1.54, 1.807) is 6.20 Å². The van der Waals surface area contributed by atoms with Crippen LogP contribution in [0.1, 0.15) is 40.2 Å². The highest BCUT2D eigenvalue weighted by atomic mass is 32.1. The third kappa shape index (κ3) is 4.33. The summed E-state index contributed by atoms with van der Waals surface area (Å²) in [5.74, 6) is 0.993. The number of benzene rings is 2. The van der Waals surface area contributed by atoms with Gasteiger partial charge in [0.1, 0.15) is 0 Å². The molecule has 1 aliphatic heterocycles. The lowest BCUT2D eigenvalue weighted by molar-refractivity contribution is 0.0713. The zero-order valence-electron chi connectivity index (χ0n) is 19.6. The maximum atomic E-state index is 13.8. The molecule has 0 spiro atoms. The molecule has 4 heterocycles. The number of carbonyl (C=O) groups excluding carboxylic acids is 1. The summed E-state index contributed by atoms with van der Waals surface area (Å²) in [6.45, 7) is 2.06. The summed E-state index contributed by atoms with van der Waals surface area (Å²) in [6.07, 6.45) is 3.61. The van der Waals surface area contributed by atoms with Gasteiger partial charge in [0.05, 0.1) is 27.0 Å². The molecule has 0 unspecified atom stereocenters. The molecule has 0 saturated carbocycles. The van der Waals surface area contributed by atoms with Crippen molar-refractivity contribution in [1.29, 1.82) is 0 Å². The number of hydrogen-bond acceptors (Lipinski definition) is 7. The van der Waals surface area contributed by atoms with Crippen LogP contribution >= 0.6 is 11.3 Å². The van der Waals surface area contributed by atoms with Gasteiger partial charge in [0.2, 0.25) is 5.82 Å². The molecule has 6 rings (SSSR count). The average molecular weight is 496 g/mol. The zero-order valence-corrected chi connectivity index (χ0v) is 20.4. The summed E-state index contributed by atoms with van der Waals surface area (Å²) >= 11 is 1.53. The van der Waals surface area contributed by atoms with Crippen LogP contribution in [-0.4, -0.2) is 49.5 Å². The highest BCUT2D eigenvalue weighted by Crippen LogP contribution is 2.38. The molecule has 0 aliphatic carbocycles. The van der Waals surface area contributed by atoms with Crippen molar-refractivity contribution in [2.45, 2.75) is 25.3 Å². The van der Waals surface area contributed by atoms with Crippen LogP contribution in [0.15, 0.2) is 72.2 Å². The Morgan fingerprint density at radius 1 is 1.06 bits per heavy atom. The predicted octanol–water partition coefficient (Wildman–Crippen LogP) is 5.11. The first kappa shape index (κ1) is 22.4. The molecule has 0 bridgehead atoms. The SMILES string of the molecule is O=C(c1cnc2c(-c3nn[nH]n3)csc2c1NCc1ccccc1)N1CCC(c2ccccc2)CC1. The number of H-pyrrole nitrogens is 1. The number of fused-ring (bicyclic) bond motifs is 1. The minimum absolute atomic E-state index is 0.0148. The fourth-order valence-electron chi connectivity index (χ4n) is 4.84. The second kappa shape index (κ2) is 9.87. The van der Waals surface area contributed by atoms with Crippen LogP contribution in [0.3, 0.4) is 0 Å². The van der Waals surface area contributed by atoms with E-state index in [0.29, 0.717) is 23.9 Å². The maximum absolute atomic E-state index is 13.8. The van der Waals surface area contributed by atoms with Gasteiger partial charge in [-0.05, 0) is 35.1 Å². The number of pyridine rings is 1. The molecule has 2 N–H and O–H groups in total. The van der Waals surface area contributed by atoms with Crippen molar-refractivity contribution >= 4 is 33.1 Å². The molecule has 0 atom stereocenters. The average Bonchev–Trinajstić information content (AvgIpc) is 3.63. The first-order valence-corrected chi connectivity index (χ1v) is 12.9. The highest BCUT2D eigenvalue weighted by molar-refractivity contribution is 7.18. The number of nitrogens with one attached hydrogen (secondary N) is 2. The van der Waals surface area contributed by atoms with Crippen LogP contribution < -0.4 is 5.32 Å².